The molecule has 0 spiro atoms. The summed E-state index contributed by atoms with van der Waals surface area (Å²) < 4.78 is 0. The number of carbonyl (C=O) groups excluding carboxylic acids is 1. The molecule has 0 saturated carbocycles. The third-order valence-corrected chi connectivity index (χ3v) is 3.55. The zero-order chi connectivity index (χ0) is 16.0. The topological polar surface area (TPSA) is 110 Å². The third kappa shape index (κ3) is 5.58. The van der Waals surface area contributed by atoms with Crippen molar-refractivity contribution in [1.29, 1.82) is 0 Å². The predicted molar refractivity (Wildman–Crippen MR) is 75.1 cm³/mol. The number of carboxylic acids is 2. The van der Waals surface area contributed by atoms with Crippen LogP contribution in [0.15, 0.2) is 0 Å². The van der Waals surface area contributed by atoms with Gasteiger partial charge in [0.1, 0.15) is 6.04 Å². The van der Waals surface area contributed by atoms with E-state index in [1.165, 1.54) is 0 Å². The summed E-state index contributed by atoms with van der Waals surface area (Å²) in [6.45, 7) is 4.08. The Hall–Kier alpha value is -1.83. The second kappa shape index (κ2) is 7.82. The fourth-order valence-electron chi connectivity index (χ4n) is 2.43. The molecule has 1 heterocycles. The Morgan fingerprint density at radius 2 is 1.95 bits per heavy atom. The molecule has 0 aromatic rings. The first-order chi connectivity index (χ1) is 9.81. The van der Waals surface area contributed by atoms with Crippen LogP contribution in [0.1, 0.15) is 26.2 Å². The SMILES string of the molecule is CC1CN(C)CCCN1C(=O)N[C@@H](CCC(=O)O)C(=O)O. The Balaban J connectivity index is 2.63. The van der Waals surface area contributed by atoms with Crippen LogP contribution in [0.2, 0.25) is 0 Å². The van der Waals surface area contributed by atoms with Crippen molar-refractivity contribution >= 4 is 18.0 Å². The molecule has 0 bridgehead atoms. The molecule has 1 unspecified atom stereocenters. The van der Waals surface area contributed by atoms with Gasteiger partial charge < -0.3 is 25.3 Å². The van der Waals surface area contributed by atoms with Crippen LogP contribution in [0.5, 0.6) is 0 Å². The molecular formula is C13H23N3O5. The monoisotopic (exact) mass is 301 g/mol. The number of aliphatic carboxylic acids is 2. The van der Waals surface area contributed by atoms with Gasteiger partial charge >= 0.3 is 18.0 Å². The smallest absolute Gasteiger partial charge is 0.326 e. The Morgan fingerprint density at radius 1 is 1.29 bits per heavy atom. The first-order valence-corrected chi connectivity index (χ1v) is 7.01. The lowest BCUT2D eigenvalue weighted by Gasteiger charge is -2.29. The molecule has 2 amide bonds. The van der Waals surface area contributed by atoms with Crippen molar-refractivity contribution in [2.75, 3.05) is 26.7 Å². The molecule has 120 valence electrons. The van der Waals surface area contributed by atoms with Crippen LogP contribution in [0.3, 0.4) is 0 Å². The van der Waals surface area contributed by atoms with Gasteiger partial charge in [-0.2, -0.15) is 0 Å². The van der Waals surface area contributed by atoms with Gasteiger partial charge in [0.05, 0.1) is 0 Å². The lowest BCUT2D eigenvalue weighted by molar-refractivity contribution is -0.140. The maximum absolute atomic E-state index is 12.2. The maximum Gasteiger partial charge on any atom is 0.326 e. The summed E-state index contributed by atoms with van der Waals surface area (Å²) in [7, 11) is 1.98. The van der Waals surface area contributed by atoms with Crippen LogP contribution < -0.4 is 5.32 Å². The Bertz CT molecular complexity index is 401. The van der Waals surface area contributed by atoms with Crippen molar-refractivity contribution in [2.45, 2.75) is 38.3 Å². The minimum Gasteiger partial charge on any atom is -0.481 e. The fourth-order valence-corrected chi connectivity index (χ4v) is 2.43. The molecule has 21 heavy (non-hydrogen) atoms. The number of hydrogen-bond acceptors (Lipinski definition) is 4. The number of carbonyl (C=O) groups is 3. The summed E-state index contributed by atoms with van der Waals surface area (Å²) in [6.07, 6.45) is 0.398. The minimum absolute atomic E-state index is 0.0218. The van der Waals surface area contributed by atoms with E-state index in [-0.39, 0.29) is 18.9 Å². The van der Waals surface area contributed by atoms with Gasteiger partial charge in [-0.1, -0.05) is 0 Å². The predicted octanol–water partition coefficient (Wildman–Crippen LogP) is 0.0400. The number of likely N-dealkylation sites (N-methyl/N-ethyl adjacent to an activating group) is 1. The van der Waals surface area contributed by atoms with Gasteiger partial charge in [0.15, 0.2) is 0 Å². The van der Waals surface area contributed by atoms with Gasteiger partial charge in [0, 0.05) is 25.6 Å². The molecule has 0 radical (unpaired) electrons. The van der Waals surface area contributed by atoms with Crippen molar-refractivity contribution in [3.8, 4) is 0 Å². The van der Waals surface area contributed by atoms with Crippen LogP contribution in [0, 0.1) is 0 Å². The molecule has 1 aliphatic rings. The molecule has 0 aromatic heterocycles. The van der Waals surface area contributed by atoms with E-state index >= 15 is 0 Å². The molecule has 1 aliphatic heterocycles. The van der Waals surface area contributed by atoms with Crippen LogP contribution in [0.25, 0.3) is 0 Å². The highest BCUT2D eigenvalue weighted by molar-refractivity contribution is 5.83. The highest BCUT2D eigenvalue weighted by Crippen LogP contribution is 2.09. The zero-order valence-electron chi connectivity index (χ0n) is 12.4. The van der Waals surface area contributed by atoms with Crippen molar-refractivity contribution in [2.24, 2.45) is 0 Å². The van der Waals surface area contributed by atoms with Gasteiger partial charge in [-0.05, 0) is 33.4 Å². The van der Waals surface area contributed by atoms with E-state index in [2.05, 4.69) is 10.2 Å². The summed E-state index contributed by atoms with van der Waals surface area (Å²) in [5.74, 6) is -2.30. The highest BCUT2D eigenvalue weighted by atomic mass is 16.4. The number of nitrogens with zero attached hydrogens (tertiary/aromatic N) is 2. The zero-order valence-corrected chi connectivity index (χ0v) is 12.4. The molecule has 0 aromatic carbocycles. The first kappa shape index (κ1) is 17.2. The maximum atomic E-state index is 12.2. The quantitative estimate of drug-likeness (QED) is 0.661. The first-order valence-electron chi connectivity index (χ1n) is 7.01. The summed E-state index contributed by atoms with van der Waals surface area (Å²) in [4.78, 5) is 37.6. The summed E-state index contributed by atoms with van der Waals surface area (Å²) >= 11 is 0. The highest BCUT2D eigenvalue weighted by Gasteiger charge is 2.28. The van der Waals surface area contributed by atoms with E-state index in [1.54, 1.807) is 4.90 Å². The molecule has 3 N–H and O–H groups in total. The number of urea groups is 1. The minimum atomic E-state index is -1.22. The third-order valence-electron chi connectivity index (χ3n) is 3.55. The number of carboxylic acid groups (broad SMARTS) is 2. The summed E-state index contributed by atoms with van der Waals surface area (Å²) in [6, 6.07) is -1.65. The normalized spacial score (nSPS) is 21.4. The molecule has 8 heteroatoms. The van der Waals surface area contributed by atoms with Crippen molar-refractivity contribution in [3.05, 3.63) is 0 Å². The largest absolute Gasteiger partial charge is 0.481 e. The number of amides is 2. The molecular weight excluding hydrogens is 278 g/mol. The number of nitrogens with one attached hydrogen (secondary N) is 1. The Morgan fingerprint density at radius 3 is 2.52 bits per heavy atom. The molecule has 1 saturated heterocycles. The Kier molecular flexibility index (Phi) is 6.41. The number of hydrogen-bond donors (Lipinski definition) is 3. The van der Waals surface area contributed by atoms with E-state index in [1.807, 2.05) is 14.0 Å². The van der Waals surface area contributed by atoms with Gasteiger partial charge in [-0.25, -0.2) is 9.59 Å². The van der Waals surface area contributed by atoms with Crippen molar-refractivity contribution < 1.29 is 24.6 Å². The fraction of sp³-hybridized carbons (Fsp3) is 0.769. The van der Waals surface area contributed by atoms with E-state index in [9.17, 15) is 14.4 Å². The lowest BCUT2D eigenvalue weighted by Crippen LogP contribution is -2.52. The van der Waals surface area contributed by atoms with Crippen LogP contribution in [-0.4, -0.2) is 76.7 Å². The van der Waals surface area contributed by atoms with Crippen molar-refractivity contribution in [1.82, 2.24) is 15.1 Å². The second-order valence-corrected chi connectivity index (χ2v) is 5.43. The average molecular weight is 301 g/mol. The van der Waals surface area contributed by atoms with Crippen LogP contribution >= 0.6 is 0 Å². The van der Waals surface area contributed by atoms with Crippen molar-refractivity contribution in [3.63, 3.8) is 0 Å². The van der Waals surface area contributed by atoms with Crippen LogP contribution in [-0.2, 0) is 9.59 Å². The standard InChI is InChI=1S/C13H23N3O5/c1-9-8-15(2)6-3-7-16(9)13(21)14-10(12(19)20)4-5-11(17)18/h9-10H,3-8H2,1-2H3,(H,14,21)(H,17,18)(H,19,20)/t9?,10-/m0/s1. The van der Waals surface area contributed by atoms with E-state index in [0.29, 0.717) is 6.54 Å². The molecule has 0 aliphatic carbocycles. The molecule has 8 nitrogen and oxygen atoms in total. The second-order valence-electron chi connectivity index (χ2n) is 5.43. The number of rotatable bonds is 5. The summed E-state index contributed by atoms with van der Waals surface area (Å²) in [5, 5.41) is 20.1. The van der Waals surface area contributed by atoms with E-state index < -0.39 is 24.0 Å². The van der Waals surface area contributed by atoms with E-state index in [4.69, 9.17) is 10.2 Å². The van der Waals surface area contributed by atoms with E-state index in [0.717, 1.165) is 19.5 Å². The van der Waals surface area contributed by atoms with Gasteiger partial charge in [-0.3, -0.25) is 4.79 Å². The molecule has 1 fully saturated rings. The van der Waals surface area contributed by atoms with Gasteiger partial charge in [0.25, 0.3) is 0 Å². The molecule has 2 atom stereocenters. The van der Waals surface area contributed by atoms with Crippen LogP contribution in [0.4, 0.5) is 4.79 Å². The summed E-state index contributed by atoms with van der Waals surface area (Å²) in [5.41, 5.74) is 0. The average Bonchev–Trinajstić information content (AvgIpc) is 2.54. The lowest BCUT2D eigenvalue weighted by atomic mass is 10.1. The van der Waals surface area contributed by atoms with Gasteiger partial charge in [0.2, 0.25) is 0 Å². The van der Waals surface area contributed by atoms with Gasteiger partial charge in [-0.15, -0.1) is 0 Å². The molecule has 1 rings (SSSR count). The Labute approximate surface area is 123 Å².